The van der Waals surface area contributed by atoms with Crippen molar-refractivity contribution in [3.05, 3.63) is 21.4 Å². The number of aryl methyl sites for hydroxylation is 1. The van der Waals surface area contributed by atoms with Crippen LogP contribution in [-0.2, 0) is 12.8 Å². The zero-order chi connectivity index (χ0) is 14.8. The highest BCUT2D eigenvalue weighted by Crippen LogP contribution is 2.33. The van der Waals surface area contributed by atoms with E-state index in [1.807, 2.05) is 4.90 Å². The molecule has 3 rings (SSSR count). The summed E-state index contributed by atoms with van der Waals surface area (Å²) in [6.07, 6.45) is 6.56. The van der Waals surface area contributed by atoms with Crippen LogP contribution in [0.3, 0.4) is 0 Å². The number of aliphatic hydroxyl groups is 1. The molecule has 0 radical (unpaired) electrons. The van der Waals surface area contributed by atoms with E-state index in [0.29, 0.717) is 5.92 Å². The van der Waals surface area contributed by atoms with E-state index in [-0.39, 0.29) is 12.5 Å². The van der Waals surface area contributed by atoms with Gasteiger partial charge >= 0.3 is 0 Å². The Bertz CT molecular complexity index is 509. The molecule has 0 spiro atoms. The number of aliphatic hydroxyl groups excluding tert-OH is 1. The summed E-state index contributed by atoms with van der Waals surface area (Å²) in [5.74, 6) is 1.44. The molecule has 1 amide bonds. The van der Waals surface area contributed by atoms with Crippen molar-refractivity contribution in [2.24, 2.45) is 11.8 Å². The van der Waals surface area contributed by atoms with Gasteiger partial charge in [0.05, 0.1) is 4.88 Å². The summed E-state index contributed by atoms with van der Waals surface area (Å²) >= 11 is 1.71. The summed E-state index contributed by atoms with van der Waals surface area (Å²) in [4.78, 5) is 17.1. The Labute approximate surface area is 131 Å². The lowest BCUT2D eigenvalue weighted by Gasteiger charge is -2.32. The molecule has 0 saturated carbocycles. The fourth-order valence-corrected chi connectivity index (χ4v) is 4.81. The van der Waals surface area contributed by atoms with Gasteiger partial charge in [-0.15, -0.1) is 11.3 Å². The van der Waals surface area contributed by atoms with E-state index in [1.165, 1.54) is 16.9 Å². The highest BCUT2D eigenvalue weighted by molar-refractivity contribution is 7.14. The lowest BCUT2D eigenvalue weighted by molar-refractivity contribution is 0.0658. The molecule has 3 nitrogen and oxygen atoms in total. The van der Waals surface area contributed by atoms with Crippen LogP contribution < -0.4 is 0 Å². The first-order valence-corrected chi connectivity index (χ1v) is 9.00. The molecule has 1 aromatic heterocycles. The van der Waals surface area contributed by atoms with E-state index in [9.17, 15) is 4.79 Å². The van der Waals surface area contributed by atoms with E-state index in [4.69, 9.17) is 5.11 Å². The summed E-state index contributed by atoms with van der Waals surface area (Å²) in [5.41, 5.74) is 1.41. The molecule has 4 heteroatoms. The van der Waals surface area contributed by atoms with Crippen molar-refractivity contribution in [1.29, 1.82) is 0 Å². The van der Waals surface area contributed by atoms with Crippen molar-refractivity contribution in [3.63, 3.8) is 0 Å². The number of thiophene rings is 1. The second kappa shape index (κ2) is 6.49. The van der Waals surface area contributed by atoms with Crippen LogP contribution in [0, 0.1) is 11.8 Å². The highest BCUT2D eigenvalue weighted by atomic mass is 32.1. The average Bonchev–Trinajstić information content (AvgIpc) is 2.90. The number of fused-ring (bicyclic) bond motifs is 1. The molecule has 0 aromatic carbocycles. The molecule has 1 fully saturated rings. The van der Waals surface area contributed by atoms with Crippen LogP contribution >= 0.6 is 11.3 Å². The lowest BCUT2D eigenvalue weighted by Crippen LogP contribution is -2.39. The van der Waals surface area contributed by atoms with Gasteiger partial charge in [0.1, 0.15) is 0 Å². The second-order valence-corrected chi connectivity index (χ2v) is 7.82. The molecule has 1 aliphatic heterocycles. The summed E-state index contributed by atoms with van der Waals surface area (Å²) in [5, 5.41) is 9.09. The SMILES string of the molecule is CC1CCc2sc(C(=O)N3CCCC(CCO)C3)cc2C1. The number of carbonyl (C=O) groups excluding carboxylic acids is 1. The summed E-state index contributed by atoms with van der Waals surface area (Å²) in [7, 11) is 0. The van der Waals surface area contributed by atoms with Crippen molar-refractivity contribution in [2.45, 2.75) is 45.4 Å². The molecule has 0 bridgehead atoms. The number of carbonyl (C=O) groups is 1. The van der Waals surface area contributed by atoms with Gasteiger partial charge in [-0.2, -0.15) is 0 Å². The Kier molecular flexibility index (Phi) is 4.65. The van der Waals surface area contributed by atoms with E-state index >= 15 is 0 Å². The van der Waals surface area contributed by atoms with Gasteiger partial charge < -0.3 is 10.0 Å². The smallest absolute Gasteiger partial charge is 0.263 e. The third-order valence-electron chi connectivity index (χ3n) is 4.88. The van der Waals surface area contributed by atoms with Crippen molar-refractivity contribution in [1.82, 2.24) is 4.90 Å². The predicted octanol–water partition coefficient (Wildman–Crippen LogP) is 3.11. The molecule has 116 valence electrons. The Hall–Kier alpha value is -0.870. The van der Waals surface area contributed by atoms with Crippen LogP contribution in [0.15, 0.2) is 6.07 Å². The Morgan fingerprint density at radius 2 is 2.33 bits per heavy atom. The third kappa shape index (κ3) is 3.32. The molecule has 1 aromatic rings. The van der Waals surface area contributed by atoms with Crippen molar-refractivity contribution >= 4 is 17.2 Å². The van der Waals surface area contributed by atoms with Gasteiger partial charge in [0, 0.05) is 24.6 Å². The Balaban J connectivity index is 1.70. The molecule has 2 unspecified atom stereocenters. The highest BCUT2D eigenvalue weighted by Gasteiger charge is 2.27. The minimum atomic E-state index is 0.213. The van der Waals surface area contributed by atoms with E-state index in [0.717, 1.165) is 56.0 Å². The maximum Gasteiger partial charge on any atom is 0.263 e. The number of nitrogens with zero attached hydrogens (tertiary/aromatic N) is 1. The summed E-state index contributed by atoms with van der Waals surface area (Å²) in [6.45, 7) is 4.22. The van der Waals surface area contributed by atoms with Crippen LogP contribution in [-0.4, -0.2) is 35.6 Å². The first kappa shape index (κ1) is 15.0. The van der Waals surface area contributed by atoms with Crippen LogP contribution in [0.1, 0.15) is 52.7 Å². The van der Waals surface area contributed by atoms with Crippen molar-refractivity contribution in [3.8, 4) is 0 Å². The number of hydrogen-bond acceptors (Lipinski definition) is 3. The third-order valence-corrected chi connectivity index (χ3v) is 6.11. The molecular weight excluding hydrogens is 282 g/mol. The molecule has 1 aliphatic carbocycles. The summed E-state index contributed by atoms with van der Waals surface area (Å²) in [6, 6.07) is 2.15. The van der Waals surface area contributed by atoms with Crippen LogP contribution in [0.4, 0.5) is 0 Å². The molecule has 2 heterocycles. The van der Waals surface area contributed by atoms with Crippen molar-refractivity contribution < 1.29 is 9.90 Å². The largest absolute Gasteiger partial charge is 0.396 e. The first-order valence-electron chi connectivity index (χ1n) is 8.19. The van der Waals surface area contributed by atoms with Gasteiger partial charge in [-0.3, -0.25) is 4.79 Å². The normalized spacial score (nSPS) is 25.7. The maximum absolute atomic E-state index is 12.7. The zero-order valence-corrected chi connectivity index (χ0v) is 13.6. The number of likely N-dealkylation sites (tertiary alicyclic amines) is 1. The maximum atomic E-state index is 12.7. The Morgan fingerprint density at radius 3 is 3.14 bits per heavy atom. The minimum absolute atomic E-state index is 0.213. The van der Waals surface area contributed by atoms with Crippen molar-refractivity contribution in [2.75, 3.05) is 19.7 Å². The second-order valence-electron chi connectivity index (χ2n) is 6.68. The standard InChI is InChI=1S/C17H25NO2S/c1-12-4-5-15-14(9-12)10-16(21-15)17(20)18-7-2-3-13(11-18)6-8-19/h10,12-13,19H,2-9,11H2,1H3. The number of hydrogen-bond donors (Lipinski definition) is 1. The van der Waals surface area contributed by atoms with Crippen LogP contribution in [0.25, 0.3) is 0 Å². The minimum Gasteiger partial charge on any atom is -0.396 e. The van der Waals surface area contributed by atoms with Gasteiger partial charge in [-0.25, -0.2) is 0 Å². The first-order chi connectivity index (χ1) is 10.2. The van der Waals surface area contributed by atoms with Gasteiger partial charge in [0.15, 0.2) is 0 Å². The number of amides is 1. The number of rotatable bonds is 3. The van der Waals surface area contributed by atoms with E-state index in [1.54, 1.807) is 11.3 Å². The van der Waals surface area contributed by atoms with Gasteiger partial charge in [0.2, 0.25) is 0 Å². The molecule has 1 saturated heterocycles. The molecule has 2 atom stereocenters. The predicted molar refractivity (Wildman–Crippen MR) is 85.8 cm³/mol. The zero-order valence-electron chi connectivity index (χ0n) is 12.8. The summed E-state index contributed by atoms with van der Waals surface area (Å²) < 4.78 is 0. The van der Waals surface area contributed by atoms with Gasteiger partial charge in [-0.1, -0.05) is 6.92 Å². The molecule has 1 N–H and O–H groups in total. The fraction of sp³-hybridized carbons (Fsp3) is 0.706. The molecule has 21 heavy (non-hydrogen) atoms. The van der Waals surface area contributed by atoms with Gasteiger partial charge in [0.25, 0.3) is 5.91 Å². The Morgan fingerprint density at radius 1 is 1.48 bits per heavy atom. The number of piperidine rings is 1. The van der Waals surface area contributed by atoms with Gasteiger partial charge in [-0.05, 0) is 62.0 Å². The lowest BCUT2D eigenvalue weighted by atomic mass is 9.90. The van der Waals surface area contributed by atoms with Crippen LogP contribution in [0.2, 0.25) is 0 Å². The fourth-order valence-electron chi connectivity index (χ4n) is 3.63. The monoisotopic (exact) mass is 307 g/mol. The quantitative estimate of drug-likeness (QED) is 0.932. The average molecular weight is 307 g/mol. The van der Waals surface area contributed by atoms with E-state index < -0.39 is 0 Å². The van der Waals surface area contributed by atoms with Crippen LogP contribution in [0.5, 0.6) is 0 Å². The van der Waals surface area contributed by atoms with E-state index in [2.05, 4.69) is 13.0 Å². The molecule has 2 aliphatic rings. The molecular formula is C17H25NO2S. The topological polar surface area (TPSA) is 40.5 Å².